The number of rotatable bonds is 9. The van der Waals surface area contributed by atoms with Gasteiger partial charge in [0.2, 0.25) is 5.13 Å². The average Bonchev–Trinajstić information content (AvgIpc) is 3.34. The molecule has 146 valence electrons. The lowest BCUT2D eigenvalue weighted by atomic mass is 10.1. The number of anilines is 1. The van der Waals surface area contributed by atoms with Crippen LogP contribution in [0.25, 0.3) is 0 Å². The van der Waals surface area contributed by atoms with E-state index in [1.54, 1.807) is 26.4 Å². The molecule has 0 amide bonds. The summed E-state index contributed by atoms with van der Waals surface area (Å²) in [5.41, 5.74) is 5.46. The molecule has 0 saturated carbocycles. The van der Waals surface area contributed by atoms with Crippen molar-refractivity contribution in [2.75, 3.05) is 19.1 Å². The van der Waals surface area contributed by atoms with Crippen LogP contribution in [0.1, 0.15) is 23.7 Å². The van der Waals surface area contributed by atoms with Gasteiger partial charge in [-0.1, -0.05) is 0 Å². The Bertz CT molecular complexity index is 937. The van der Waals surface area contributed by atoms with E-state index in [1.807, 2.05) is 40.5 Å². The summed E-state index contributed by atoms with van der Waals surface area (Å²) >= 11 is 1.38. The molecule has 0 aliphatic rings. The molecule has 1 aromatic carbocycles. The molecule has 0 saturated heterocycles. The van der Waals surface area contributed by atoms with Gasteiger partial charge in [-0.3, -0.25) is 14.9 Å². The predicted octanol–water partition coefficient (Wildman–Crippen LogP) is 2.95. The van der Waals surface area contributed by atoms with Gasteiger partial charge in [0.15, 0.2) is 0 Å². The summed E-state index contributed by atoms with van der Waals surface area (Å²) in [6.45, 7) is 2.75. The maximum absolute atomic E-state index is 11.5. The average molecular weight is 399 g/mol. The van der Waals surface area contributed by atoms with E-state index in [-0.39, 0.29) is 12.4 Å². The molecule has 0 spiro atoms. The van der Waals surface area contributed by atoms with Crippen LogP contribution < -0.4 is 10.2 Å². The maximum Gasteiger partial charge on any atom is 0.311 e. The van der Waals surface area contributed by atoms with E-state index in [2.05, 4.69) is 20.6 Å². The molecule has 3 aromatic rings. The smallest absolute Gasteiger partial charge is 0.311 e. The minimum Gasteiger partial charge on any atom is -0.496 e. The van der Waals surface area contributed by atoms with E-state index in [1.165, 1.54) is 11.3 Å². The molecule has 1 N–H and O–H groups in total. The van der Waals surface area contributed by atoms with Crippen molar-refractivity contribution in [2.24, 2.45) is 5.10 Å². The number of nitrogens with one attached hydrogen (secondary N) is 1. The lowest BCUT2D eigenvalue weighted by Gasteiger charge is -2.09. The van der Waals surface area contributed by atoms with Gasteiger partial charge in [0.25, 0.3) is 0 Å². The summed E-state index contributed by atoms with van der Waals surface area (Å²) in [4.78, 5) is 15.8. The second kappa shape index (κ2) is 9.65. The zero-order valence-corrected chi connectivity index (χ0v) is 16.5. The Morgan fingerprint density at radius 3 is 3.07 bits per heavy atom. The molecule has 9 heteroatoms. The molecular formula is C19H21N5O3S. The zero-order chi connectivity index (χ0) is 19.8. The predicted molar refractivity (Wildman–Crippen MR) is 108 cm³/mol. The normalized spacial score (nSPS) is 10.9. The van der Waals surface area contributed by atoms with E-state index < -0.39 is 0 Å². The molecule has 0 bridgehead atoms. The number of ether oxygens (including phenoxy) is 2. The minimum atomic E-state index is -0.286. The molecule has 0 radical (unpaired) electrons. The quantitative estimate of drug-likeness (QED) is 0.338. The number of esters is 1. The number of carbonyl (C=O) groups excluding carboxylic acids is 1. The summed E-state index contributed by atoms with van der Waals surface area (Å²) in [6, 6.07) is 7.71. The summed E-state index contributed by atoms with van der Waals surface area (Å²) < 4.78 is 12.2. The van der Waals surface area contributed by atoms with Crippen molar-refractivity contribution >= 4 is 28.7 Å². The molecule has 0 atom stereocenters. The van der Waals surface area contributed by atoms with Gasteiger partial charge in [0, 0.05) is 23.3 Å². The standard InChI is InChI=1S/C19H21N5O3S/c1-3-27-18(25)10-16-13-28-19(22-16)23-20-11-14-5-6-17(26-2)15(9-14)12-24-8-4-7-21-24/h4-9,11,13H,3,10,12H2,1-2H3,(H,22,23). The molecule has 0 aliphatic carbocycles. The summed E-state index contributed by atoms with van der Waals surface area (Å²) in [5.74, 6) is 0.509. The molecule has 2 heterocycles. The number of thiazole rings is 1. The fraction of sp³-hybridized carbons (Fsp3) is 0.263. The highest BCUT2D eigenvalue weighted by molar-refractivity contribution is 7.13. The molecule has 8 nitrogen and oxygen atoms in total. The third kappa shape index (κ3) is 5.40. The monoisotopic (exact) mass is 399 g/mol. The van der Waals surface area contributed by atoms with Gasteiger partial charge in [0.1, 0.15) is 5.75 Å². The van der Waals surface area contributed by atoms with Crippen LogP contribution in [-0.2, 0) is 22.5 Å². The van der Waals surface area contributed by atoms with Crippen LogP contribution >= 0.6 is 11.3 Å². The third-order valence-electron chi connectivity index (χ3n) is 3.75. The van der Waals surface area contributed by atoms with Crippen molar-refractivity contribution < 1.29 is 14.3 Å². The first-order chi connectivity index (χ1) is 13.7. The summed E-state index contributed by atoms with van der Waals surface area (Å²) in [5, 5.41) is 10.9. The maximum atomic E-state index is 11.5. The number of carbonyl (C=O) groups is 1. The molecular weight excluding hydrogens is 378 g/mol. The van der Waals surface area contributed by atoms with Crippen molar-refractivity contribution in [1.82, 2.24) is 14.8 Å². The fourth-order valence-corrected chi connectivity index (χ4v) is 3.19. The molecule has 2 aromatic heterocycles. The second-order valence-corrected chi connectivity index (χ2v) is 6.63. The first-order valence-electron chi connectivity index (χ1n) is 8.71. The highest BCUT2D eigenvalue weighted by Crippen LogP contribution is 2.20. The van der Waals surface area contributed by atoms with Crippen molar-refractivity contribution in [3.05, 3.63) is 58.9 Å². The van der Waals surface area contributed by atoms with E-state index in [0.29, 0.717) is 24.0 Å². The Labute approximate surface area is 166 Å². The Morgan fingerprint density at radius 1 is 1.43 bits per heavy atom. The minimum absolute atomic E-state index is 0.158. The van der Waals surface area contributed by atoms with Gasteiger partial charge in [-0.15, -0.1) is 11.3 Å². The Kier molecular flexibility index (Phi) is 6.74. The van der Waals surface area contributed by atoms with Crippen LogP contribution in [0.15, 0.2) is 47.1 Å². The van der Waals surface area contributed by atoms with Gasteiger partial charge in [-0.2, -0.15) is 10.2 Å². The molecule has 0 unspecified atom stereocenters. The van der Waals surface area contributed by atoms with Crippen LogP contribution in [0.2, 0.25) is 0 Å². The number of hydrogen-bond acceptors (Lipinski definition) is 8. The van der Waals surface area contributed by atoms with E-state index in [4.69, 9.17) is 9.47 Å². The van der Waals surface area contributed by atoms with Gasteiger partial charge in [-0.05, 0) is 36.8 Å². The van der Waals surface area contributed by atoms with Crippen LogP contribution in [0.4, 0.5) is 5.13 Å². The number of aromatic nitrogens is 3. The van der Waals surface area contributed by atoms with Crippen molar-refractivity contribution in [3.63, 3.8) is 0 Å². The molecule has 0 fully saturated rings. The number of nitrogens with zero attached hydrogens (tertiary/aromatic N) is 4. The Morgan fingerprint density at radius 2 is 2.32 bits per heavy atom. The molecule has 3 rings (SSSR count). The first kappa shape index (κ1) is 19.6. The van der Waals surface area contributed by atoms with Gasteiger partial charge < -0.3 is 9.47 Å². The third-order valence-corrected chi connectivity index (χ3v) is 4.55. The SMILES string of the molecule is CCOC(=O)Cc1csc(NN=Cc2ccc(OC)c(Cn3cccn3)c2)n1. The topological polar surface area (TPSA) is 90.6 Å². The highest BCUT2D eigenvalue weighted by Gasteiger charge is 2.08. The van der Waals surface area contributed by atoms with E-state index in [0.717, 1.165) is 16.9 Å². The van der Waals surface area contributed by atoms with Crippen molar-refractivity contribution in [3.8, 4) is 5.75 Å². The van der Waals surface area contributed by atoms with E-state index in [9.17, 15) is 4.79 Å². The first-order valence-corrected chi connectivity index (χ1v) is 9.59. The number of hydrazone groups is 1. The summed E-state index contributed by atoms with van der Waals surface area (Å²) in [6.07, 6.45) is 5.51. The highest BCUT2D eigenvalue weighted by atomic mass is 32.1. The van der Waals surface area contributed by atoms with Crippen molar-refractivity contribution in [2.45, 2.75) is 19.9 Å². The second-order valence-electron chi connectivity index (χ2n) is 5.77. The molecule has 28 heavy (non-hydrogen) atoms. The van der Waals surface area contributed by atoms with Crippen LogP contribution in [0.5, 0.6) is 5.75 Å². The number of hydrogen-bond donors (Lipinski definition) is 1. The van der Waals surface area contributed by atoms with Gasteiger partial charge in [-0.25, -0.2) is 4.98 Å². The van der Waals surface area contributed by atoms with Crippen LogP contribution in [0.3, 0.4) is 0 Å². The van der Waals surface area contributed by atoms with Crippen LogP contribution in [0, 0.1) is 0 Å². The lowest BCUT2D eigenvalue weighted by molar-refractivity contribution is -0.142. The van der Waals surface area contributed by atoms with Crippen molar-refractivity contribution in [1.29, 1.82) is 0 Å². The zero-order valence-electron chi connectivity index (χ0n) is 15.7. The number of methoxy groups -OCH3 is 1. The number of benzene rings is 1. The molecule has 0 aliphatic heterocycles. The lowest BCUT2D eigenvalue weighted by Crippen LogP contribution is -2.07. The van der Waals surface area contributed by atoms with Crippen LogP contribution in [-0.4, -0.2) is 40.7 Å². The largest absolute Gasteiger partial charge is 0.496 e. The summed E-state index contributed by atoms with van der Waals surface area (Å²) in [7, 11) is 1.65. The van der Waals surface area contributed by atoms with Gasteiger partial charge >= 0.3 is 5.97 Å². The van der Waals surface area contributed by atoms with Gasteiger partial charge in [0.05, 0.1) is 38.6 Å². The van der Waals surface area contributed by atoms with E-state index >= 15 is 0 Å². The Balaban J connectivity index is 1.62. The Hall–Kier alpha value is -3.20. The fourth-order valence-electron chi connectivity index (χ4n) is 2.53.